The van der Waals surface area contributed by atoms with Crippen molar-refractivity contribution in [2.24, 2.45) is 5.10 Å². The van der Waals surface area contributed by atoms with Crippen LogP contribution in [0.1, 0.15) is 32.0 Å². The minimum absolute atomic E-state index is 0.251. The van der Waals surface area contributed by atoms with Gasteiger partial charge in [-0.15, -0.1) is 0 Å². The molecule has 0 aliphatic heterocycles. The Kier molecular flexibility index (Phi) is 7.54. The highest BCUT2D eigenvalue weighted by Gasteiger charge is 2.11. The van der Waals surface area contributed by atoms with E-state index in [-0.39, 0.29) is 5.69 Å². The predicted octanol–water partition coefficient (Wildman–Crippen LogP) is 4.86. The highest BCUT2D eigenvalue weighted by Crippen LogP contribution is 2.24. The van der Waals surface area contributed by atoms with Gasteiger partial charge in [-0.3, -0.25) is 9.89 Å². The van der Waals surface area contributed by atoms with Crippen LogP contribution in [0.4, 0.5) is 0 Å². The van der Waals surface area contributed by atoms with E-state index in [4.69, 9.17) is 16.3 Å². The molecule has 3 aromatic carbocycles. The summed E-state index contributed by atoms with van der Waals surface area (Å²) in [5.74, 6) is -0.217. The van der Waals surface area contributed by atoms with Crippen LogP contribution in [0.2, 0.25) is 5.02 Å². The molecule has 1 amide bonds. The number of benzene rings is 3. The number of esters is 1. The summed E-state index contributed by atoms with van der Waals surface area (Å²) < 4.78 is 10.5. The summed E-state index contributed by atoms with van der Waals surface area (Å²) in [6, 6.07) is 23.1. The molecular weight excluding hydrogens is 468 g/mol. The van der Waals surface area contributed by atoms with E-state index in [1.807, 2.05) is 48.5 Å². The third-order valence-electron chi connectivity index (χ3n) is 5.02. The first-order valence-electron chi connectivity index (χ1n) is 10.6. The van der Waals surface area contributed by atoms with Gasteiger partial charge in [-0.05, 0) is 42.0 Å². The van der Waals surface area contributed by atoms with E-state index in [1.165, 1.54) is 13.3 Å². The Morgan fingerprint density at radius 2 is 1.86 bits per heavy atom. The van der Waals surface area contributed by atoms with Crippen LogP contribution >= 0.6 is 11.6 Å². The second-order valence-electron chi connectivity index (χ2n) is 7.39. The van der Waals surface area contributed by atoms with Crippen LogP contribution in [-0.2, 0) is 11.3 Å². The first kappa shape index (κ1) is 23.7. The van der Waals surface area contributed by atoms with Crippen LogP contribution in [0.15, 0.2) is 84.0 Å². The number of H-pyrrole nitrogens is 1. The van der Waals surface area contributed by atoms with Crippen molar-refractivity contribution >= 4 is 29.7 Å². The molecule has 1 aromatic heterocycles. The van der Waals surface area contributed by atoms with E-state index in [1.54, 1.807) is 30.3 Å². The van der Waals surface area contributed by atoms with Crippen LogP contribution in [0.3, 0.4) is 0 Å². The molecule has 0 aliphatic carbocycles. The summed E-state index contributed by atoms with van der Waals surface area (Å²) >= 11 is 6.19. The number of ether oxygens (including phenoxy) is 2. The molecule has 0 spiro atoms. The Morgan fingerprint density at radius 3 is 2.63 bits per heavy atom. The lowest BCUT2D eigenvalue weighted by molar-refractivity contribution is 0.0600. The maximum absolute atomic E-state index is 12.4. The molecule has 1 heterocycles. The molecule has 35 heavy (non-hydrogen) atoms. The number of aromatic nitrogens is 2. The quantitative estimate of drug-likeness (QED) is 0.209. The first-order chi connectivity index (χ1) is 17.0. The summed E-state index contributed by atoms with van der Waals surface area (Å²) in [5.41, 5.74) is 6.08. The van der Waals surface area contributed by atoms with Gasteiger partial charge in [-0.1, -0.05) is 54.1 Å². The van der Waals surface area contributed by atoms with Crippen molar-refractivity contribution < 1.29 is 19.1 Å². The monoisotopic (exact) mass is 488 g/mol. The molecule has 0 saturated heterocycles. The standard InChI is InChI=1S/C26H21ClN4O4/c1-34-26(33)18-11-9-17(10-12-18)15-28-31-25(32)24-14-23(29-30-24)19-6-4-7-21(13-19)35-16-20-5-2-3-8-22(20)27/h2-15H,16H2,1H3,(H,29,30)(H,31,32)/b28-15-. The van der Waals surface area contributed by atoms with E-state index in [2.05, 4.69) is 25.5 Å². The van der Waals surface area contributed by atoms with Crippen molar-refractivity contribution in [1.29, 1.82) is 0 Å². The lowest BCUT2D eigenvalue weighted by Crippen LogP contribution is -2.18. The molecule has 0 fully saturated rings. The van der Waals surface area contributed by atoms with E-state index in [9.17, 15) is 9.59 Å². The van der Waals surface area contributed by atoms with Gasteiger partial charge in [0.2, 0.25) is 0 Å². The lowest BCUT2D eigenvalue weighted by atomic mass is 10.1. The summed E-state index contributed by atoms with van der Waals surface area (Å²) in [7, 11) is 1.32. The van der Waals surface area contributed by atoms with Gasteiger partial charge in [-0.25, -0.2) is 10.2 Å². The molecule has 0 atom stereocenters. The Balaban J connectivity index is 1.36. The second-order valence-corrected chi connectivity index (χ2v) is 7.79. The molecule has 0 radical (unpaired) electrons. The van der Waals surface area contributed by atoms with Gasteiger partial charge in [0.05, 0.1) is 24.6 Å². The molecular formula is C26H21ClN4O4. The first-order valence-corrected chi connectivity index (χ1v) is 10.9. The maximum atomic E-state index is 12.4. The molecule has 0 aliphatic rings. The lowest BCUT2D eigenvalue weighted by Gasteiger charge is -2.08. The molecule has 4 aromatic rings. The summed E-state index contributed by atoms with van der Waals surface area (Å²) in [4.78, 5) is 23.9. The number of hydrazone groups is 1. The Hall–Kier alpha value is -4.43. The van der Waals surface area contributed by atoms with Crippen molar-refractivity contribution in [3.63, 3.8) is 0 Å². The number of rotatable bonds is 8. The van der Waals surface area contributed by atoms with E-state index in [0.29, 0.717) is 34.2 Å². The van der Waals surface area contributed by atoms with Crippen LogP contribution < -0.4 is 10.2 Å². The largest absolute Gasteiger partial charge is 0.489 e. The zero-order chi connectivity index (χ0) is 24.6. The number of hydrogen-bond acceptors (Lipinski definition) is 6. The molecule has 4 rings (SSSR count). The Bertz CT molecular complexity index is 1370. The normalized spacial score (nSPS) is 10.8. The van der Waals surface area contributed by atoms with Gasteiger partial charge in [0.15, 0.2) is 0 Å². The summed E-state index contributed by atoms with van der Waals surface area (Å²) in [5, 5.41) is 11.5. The number of carbonyl (C=O) groups excluding carboxylic acids is 2. The maximum Gasteiger partial charge on any atom is 0.337 e. The van der Waals surface area contributed by atoms with Crippen LogP contribution in [-0.4, -0.2) is 35.4 Å². The number of carbonyl (C=O) groups is 2. The van der Waals surface area contributed by atoms with Gasteiger partial charge < -0.3 is 9.47 Å². The SMILES string of the molecule is COC(=O)c1ccc(/C=N\NC(=O)c2cc(-c3cccc(OCc4ccccc4Cl)c3)n[nH]2)cc1. The number of nitrogens with zero attached hydrogens (tertiary/aromatic N) is 2. The van der Waals surface area contributed by atoms with Crippen molar-refractivity contribution in [2.75, 3.05) is 7.11 Å². The minimum atomic E-state index is -0.447. The van der Waals surface area contributed by atoms with E-state index in [0.717, 1.165) is 11.1 Å². The number of nitrogens with one attached hydrogen (secondary N) is 2. The zero-order valence-electron chi connectivity index (χ0n) is 18.7. The molecule has 8 nitrogen and oxygen atoms in total. The minimum Gasteiger partial charge on any atom is -0.489 e. The number of amides is 1. The Labute approximate surface area is 206 Å². The van der Waals surface area contributed by atoms with Gasteiger partial charge in [0, 0.05) is 16.1 Å². The molecule has 2 N–H and O–H groups in total. The van der Waals surface area contributed by atoms with Crippen LogP contribution in [0.25, 0.3) is 11.3 Å². The summed E-state index contributed by atoms with van der Waals surface area (Å²) in [6.07, 6.45) is 1.47. The smallest absolute Gasteiger partial charge is 0.337 e. The fraction of sp³-hybridized carbons (Fsp3) is 0.0769. The summed E-state index contributed by atoms with van der Waals surface area (Å²) in [6.45, 7) is 0.334. The number of methoxy groups -OCH3 is 1. The van der Waals surface area contributed by atoms with Gasteiger partial charge in [-0.2, -0.15) is 10.2 Å². The van der Waals surface area contributed by atoms with Crippen LogP contribution in [0, 0.1) is 0 Å². The molecule has 0 unspecified atom stereocenters. The molecule has 9 heteroatoms. The van der Waals surface area contributed by atoms with Crippen molar-refractivity contribution in [3.05, 3.63) is 106 Å². The van der Waals surface area contributed by atoms with E-state index < -0.39 is 11.9 Å². The molecule has 0 bridgehead atoms. The Morgan fingerprint density at radius 1 is 1.06 bits per heavy atom. The number of aromatic amines is 1. The van der Waals surface area contributed by atoms with Gasteiger partial charge in [0.1, 0.15) is 18.1 Å². The van der Waals surface area contributed by atoms with Crippen LogP contribution in [0.5, 0.6) is 5.75 Å². The highest BCUT2D eigenvalue weighted by molar-refractivity contribution is 6.31. The molecule has 0 saturated carbocycles. The van der Waals surface area contributed by atoms with Crippen molar-refractivity contribution in [2.45, 2.75) is 6.61 Å². The average molecular weight is 489 g/mol. The highest BCUT2D eigenvalue weighted by atomic mass is 35.5. The number of halogens is 1. The van der Waals surface area contributed by atoms with Gasteiger partial charge in [0.25, 0.3) is 5.91 Å². The average Bonchev–Trinajstić information content (AvgIpc) is 3.39. The van der Waals surface area contributed by atoms with Crippen molar-refractivity contribution in [3.8, 4) is 17.0 Å². The second kappa shape index (κ2) is 11.1. The third-order valence-corrected chi connectivity index (χ3v) is 5.38. The fourth-order valence-electron chi connectivity index (χ4n) is 3.16. The predicted molar refractivity (Wildman–Crippen MR) is 133 cm³/mol. The fourth-order valence-corrected chi connectivity index (χ4v) is 3.35. The molecule has 176 valence electrons. The van der Waals surface area contributed by atoms with Crippen molar-refractivity contribution in [1.82, 2.24) is 15.6 Å². The topological polar surface area (TPSA) is 106 Å². The zero-order valence-corrected chi connectivity index (χ0v) is 19.5. The van der Waals surface area contributed by atoms with E-state index >= 15 is 0 Å². The van der Waals surface area contributed by atoms with Gasteiger partial charge >= 0.3 is 5.97 Å². The third kappa shape index (κ3) is 6.13. The number of hydrogen-bond donors (Lipinski definition) is 2.